The summed E-state index contributed by atoms with van der Waals surface area (Å²) in [5, 5.41) is 9.67. The van der Waals surface area contributed by atoms with E-state index in [4.69, 9.17) is 16.0 Å². The van der Waals surface area contributed by atoms with Crippen molar-refractivity contribution < 1.29 is 22.4 Å². The molecule has 2 aromatic heterocycles. The van der Waals surface area contributed by atoms with Gasteiger partial charge in [-0.15, -0.1) is 10.2 Å². The molecular weight excluding hydrogens is 361 g/mol. The van der Waals surface area contributed by atoms with Crippen LogP contribution in [0.4, 0.5) is 13.2 Å². The molecule has 1 amide bonds. The SMILES string of the molecule is CC(NC(=O)c1nnc(C(C)(C)C)o1)c1ccc(C(F)(F)F)nc1Cl. The Kier molecular flexibility index (Phi) is 5.08. The van der Waals surface area contributed by atoms with Crippen molar-refractivity contribution in [1.82, 2.24) is 20.5 Å². The van der Waals surface area contributed by atoms with E-state index in [0.29, 0.717) is 5.89 Å². The molecule has 0 fully saturated rings. The summed E-state index contributed by atoms with van der Waals surface area (Å²) in [6.07, 6.45) is -4.60. The van der Waals surface area contributed by atoms with E-state index in [1.807, 2.05) is 20.8 Å². The number of carbonyl (C=O) groups is 1. The van der Waals surface area contributed by atoms with E-state index in [2.05, 4.69) is 20.5 Å². The lowest BCUT2D eigenvalue weighted by molar-refractivity contribution is -0.141. The van der Waals surface area contributed by atoms with Gasteiger partial charge in [-0.25, -0.2) is 4.98 Å². The highest BCUT2D eigenvalue weighted by Crippen LogP contribution is 2.31. The second-order valence-corrected chi connectivity index (χ2v) is 6.79. The minimum absolute atomic E-state index is 0.235. The Morgan fingerprint density at radius 3 is 2.36 bits per heavy atom. The van der Waals surface area contributed by atoms with Gasteiger partial charge < -0.3 is 9.73 Å². The lowest BCUT2D eigenvalue weighted by atomic mass is 9.97. The molecule has 2 rings (SSSR count). The van der Waals surface area contributed by atoms with E-state index in [1.165, 1.54) is 0 Å². The summed E-state index contributed by atoms with van der Waals surface area (Å²) in [5.41, 5.74) is -1.29. The van der Waals surface area contributed by atoms with E-state index in [0.717, 1.165) is 12.1 Å². The maximum atomic E-state index is 12.6. The zero-order chi connectivity index (χ0) is 19.0. The molecule has 1 N–H and O–H groups in total. The third kappa shape index (κ3) is 4.47. The van der Waals surface area contributed by atoms with Crippen LogP contribution in [0.5, 0.6) is 0 Å². The van der Waals surface area contributed by atoms with E-state index < -0.39 is 29.2 Å². The van der Waals surface area contributed by atoms with Crippen LogP contribution in [0, 0.1) is 0 Å². The van der Waals surface area contributed by atoms with Crippen LogP contribution >= 0.6 is 11.6 Å². The molecule has 6 nitrogen and oxygen atoms in total. The third-order valence-corrected chi connectivity index (χ3v) is 3.55. The highest BCUT2D eigenvalue weighted by atomic mass is 35.5. The molecule has 2 aromatic rings. The highest BCUT2D eigenvalue weighted by Gasteiger charge is 2.33. The van der Waals surface area contributed by atoms with Crippen molar-refractivity contribution in [1.29, 1.82) is 0 Å². The fourth-order valence-electron chi connectivity index (χ4n) is 1.88. The van der Waals surface area contributed by atoms with E-state index in [9.17, 15) is 18.0 Å². The number of hydrogen-bond donors (Lipinski definition) is 1. The Hall–Kier alpha value is -2.16. The second-order valence-electron chi connectivity index (χ2n) is 6.43. The average Bonchev–Trinajstić information content (AvgIpc) is 2.95. The first-order valence-electron chi connectivity index (χ1n) is 7.28. The number of hydrogen-bond acceptors (Lipinski definition) is 5. The zero-order valence-electron chi connectivity index (χ0n) is 13.9. The number of rotatable bonds is 3. The van der Waals surface area contributed by atoms with Gasteiger partial charge in [-0.2, -0.15) is 13.2 Å². The fraction of sp³-hybridized carbons (Fsp3) is 0.467. The average molecular weight is 377 g/mol. The van der Waals surface area contributed by atoms with Gasteiger partial charge in [-0.3, -0.25) is 4.79 Å². The van der Waals surface area contributed by atoms with Gasteiger partial charge in [-0.1, -0.05) is 38.4 Å². The van der Waals surface area contributed by atoms with Crippen LogP contribution in [0.3, 0.4) is 0 Å². The minimum atomic E-state index is -4.60. The number of aromatic nitrogens is 3. The van der Waals surface area contributed by atoms with Crippen molar-refractivity contribution in [3.05, 3.63) is 40.3 Å². The molecule has 25 heavy (non-hydrogen) atoms. The second kappa shape index (κ2) is 6.62. The van der Waals surface area contributed by atoms with E-state index >= 15 is 0 Å². The number of pyridine rings is 1. The van der Waals surface area contributed by atoms with Crippen molar-refractivity contribution >= 4 is 17.5 Å². The molecule has 1 unspecified atom stereocenters. The summed E-state index contributed by atoms with van der Waals surface area (Å²) in [7, 11) is 0. The maximum absolute atomic E-state index is 12.6. The number of nitrogens with one attached hydrogen (secondary N) is 1. The summed E-state index contributed by atoms with van der Waals surface area (Å²) in [6.45, 7) is 7.09. The van der Waals surface area contributed by atoms with Crippen molar-refractivity contribution in [2.45, 2.75) is 45.3 Å². The van der Waals surface area contributed by atoms with Crippen LogP contribution in [-0.2, 0) is 11.6 Å². The van der Waals surface area contributed by atoms with Gasteiger partial charge in [0.2, 0.25) is 5.89 Å². The molecule has 0 aliphatic rings. The first-order chi connectivity index (χ1) is 11.4. The molecule has 2 heterocycles. The summed E-state index contributed by atoms with van der Waals surface area (Å²) < 4.78 is 43.1. The summed E-state index contributed by atoms with van der Waals surface area (Å²) in [6, 6.07) is 1.26. The monoisotopic (exact) mass is 376 g/mol. The first-order valence-corrected chi connectivity index (χ1v) is 7.66. The molecule has 0 spiro atoms. The molecular formula is C15H16ClF3N4O2. The summed E-state index contributed by atoms with van der Waals surface area (Å²) >= 11 is 5.81. The van der Waals surface area contributed by atoms with Gasteiger partial charge in [-0.05, 0) is 13.0 Å². The third-order valence-electron chi connectivity index (χ3n) is 3.24. The standard InChI is InChI=1S/C15H16ClF3N4O2/c1-7(8-5-6-9(15(17,18)19)21-10(8)16)20-11(24)12-22-23-13(25-12)14(2,3)4/h5-7H,1-4H3,(H,20,24). The Morgan fingerprint density at radius 2 is 1.88 bits per heavy atom. The normalized spacial score (nSPS) is 13.6. The van der Waals surface area contributed by atoms with Crippen molar-refractivity contribution in [3.8, 4) is 0 Å². The molecule has 1 atom stereocenters. The van der Waals surface area contributed by atoms with Gasteiger partial charge in [0.25, 0.3) is 0 Å². The minimum Gasteiger partial charge on any atom is -0.416 e. The number of alkyl halides is 3. The van der Waals surface area contributed by atoms with Gasteiger partial charge >= 0.3 is 18.0 Å². The number of halogens is 4. The quantitative estimate of drug-likeness (QED) is 0.821. The first kappa shape index (κ1) is 19.2. The van der Waals surface area contributed by atoms with Crippen molar-refractivity contribution in [2.24, 2.45) is 0 Å². The number of carbonyl (C=O) groups excluding carboxylic acids is 1. The zero-order valence-corrected chi connectivity index (χ0v) is 14.7. The molecule has 136 valence electrons. The molecule has 0 aliphatic carbocycles. The van der Waals surface area contributed by atoms with Crippen LogP contribution in [-0.4, -0.2) is 21.1 Å². The molecule has 10 heteroatoms. The summed E-state index contributed by atoms with van der Waals surface area (Å²) in [4.78, 5) is 15.5. The lowest BCUT2D eigenvalue weighted by Gasteiger charge is -2.15. The molecule has 0 aromatic carbocycles. The fourth-order valence-corrected chi connectivity index (χ4v) is 2.20. The number of nitrogens with zero attached hydrogens (tertiary/aromatic N) is 3. The number of amides is 1. The van der Waals surface area contributed by atoms with Crippen LogP contribution in [0.1, 0.15) is 61.6 Å². The molecule has 0 radical (unpaired) electrons. The highest BCUT2D eigenvalue weighted by molar-refractivity contribution is 6.30. The van der Waals surface area contributed by atoms with Gasteiger partial charge in [0.05, 0.1) is 6.04 Å². The van der Waals surface area contributed by atoms with Crippen LogP contribution in [0.15, 0.2) is 16.5 Å². The molecule has 0 aliphatic heterocycles. The topological polar surface area (TPSA) is 80.9 Å². The Morgan fingerprint density at radius 1 is 1.24 bits per heavy atom. The Balaban J connectivity index is 2.15. The van der Waals surface area contributed by atoms with Crippen LogP contribution < -0.4 is 5.32 Å². The van der Waals surface area contributed by atoms with Crippen molar-refractivity contribution in [3.63, 3.8) is 0 Å². The smallest absolute Gasteiger partial charge is 0.416 e. The van der Waals surface area contributed by atoms with Crippen LogP contribution in [0.2, 0.25) is 5.15 Å². The Bertz CT molecular complexity index is 784. The van der Waals surface area contributed by atoms with Gasteiger partial charge in [0.1, 0.15) is 10.8 Å². The Labute approximate surface area is 146 Å². The van der Waals surface area contributed by atoms with Gasteiger partial charge in [0.15, 0.2) is 0 Å². The van der Waals surface area contributed by atoms with E-state index in [1.54, 1.807) is 6.92 Å². The predicted molar refractivity (Wildman–Crippen MR) is 83.1 cm³/mol. The largest absolute Gasteiger partial charge is 0.433 e. The van der Waals surface area contributed by atoms with Gasteiger partial charge in [0, 0.05) is 11.0 Å². The predicted octanol–water partition coefficient (Wildman–Crippen LogP) is 3.93. The lowest BCUT2D eigenvalue weighted by Crippen LogP contribution is -2.27. The van der Waals surface area contributed by atoms with Crippen molar-refractivity contribution in [2.75, 3.05) is 0 Å². The molecule has 0 bridgehead atoms. The maximum Gasteiger partial charge on any atom is 0.433 e. The summed E-state index contributed by atoms with van der Waals surface area (Å²) in [5.74, 6) is -0.612. The molecule has 0 saturated heterocycles. The van der Waals surface area contributed by atoms with Crippen LogP contribution in [0.25, 0.3) is 0 Å². The van der Waals surface area contributed by atoms with E-state index in [-0.39, 0.29) is 16.6 Å². The molecule has 0 saturated carbocycles.